The van der Waals surface area contributed by atoms with E-state index < -0.39 is 7.81 Å². The molecule has 0 saturated carbocycles. The Kier molecular flexibility index (Phi) is 8.86. The largest absolute Gasteiger partial charge is 3.00 e. The van der Waals surface area contributed by atoms with Crippen molar-refractivity contribution in [2.24, 2.45) is 9.98 Å². The summed E-state index contributed by atoms with van der Waals surface area (Å²) >= 11 is 6.09. The van der Waals surface area contributed by atoms with Crippen molar-refractivity contribution in [3.8, 4) is 0 Å². The number of hydrogen-bond acceptors (Lipinski definition) is 2. The Bertz CT molecular complexity index is 628. The van der Waals surface area contributed by atoms with E-state index in [1.807, 2.05) is 24.3 Å². The van der Waals surface area contributed by atoms with E-state index in [1.54, 1.807) is 24.8 Å². The first-order valence-corrected chi connectivity index (χ1v) is 9.11. The van der Waals surface area contributed by atoms with Crippen molar-refractivity contribution in [2.75, 3.05) is 13.1 Å². The molecule has 0 atom stereocenters. The van der Waals surface area contributed by atoms with Crippen molar-refractivity contribution in [3.63, 3.8) is 0 Å². The summed E-state index contributed by atoms with van der Waals surface area (Å²) in [5, 5.41) is -0.109. The van der Waals surface area contributed by atoms with Crippen LogP contribution in [0.3, 0.4) is 0 Å². The van der Waals surface area contributed by atoms with Gasteiger partial charge in [-0.3, -0.25) is 9.98 Å². The Morgan fingerprint density at radius 1 is 0.885 bits per heavy atom. The van der Waals surface area contributed by atoms with Crippen LogP contribution < -0.4 is 9.97 Å². The number of hydrogen-bond donors (Lipinski definition) is 0. The molecule has 4 nitrogen and oxygen atoms in total. The summed E-state index contributed by atoms with van der Waals surface area (Å²) in [4.78, 5) is 16.6. The topological polar surface area (TPSA) is 52.9 Å². The van der Waals surface area contributed by atoms with Gasteiger partial charge in [0.25, 0.3) is 0 Å². The van der Waals surface area contributed by atoms with E-state index in [2.05, 4.69) is 20.0 Å². The van der Waals surface area contributed by atoms with Crippen LogP contribution in [0.2, 0.25) is 0 Å². The van der Waals surface area contributed by atoms with Gasteiger partial charge < -0.3 is 9.97 Å². The molecule has 2 heterocycles. The summed E-state index contributed by atoms with van der Waals surface area (Å²) in [6, 6.07) is 7.53. The number of aliphatic imine (C=N–C) groups is 2. The Morgan fingerprint density at radius 3 is 1.50 bits per heavy atom. The first-order chi connectivity index (χ1) is 11.3. The van der Waals surface area contributed by atoms with Crippen LogP contribution >= 0.6 is 19.4 Å². The normalized spacial score (nSPS) is 15.7. The van der Waals surface area contributed by atoms with Gasteiger partial charge in [-0.2, -0.15) is 12.4 Å². The predicted octanol–water partition coefficient (Wildman–Crippen LogP) is 5.13. The maximum atomic E-state index is 9.87. The summed E-state index contributed by atoms with van der Waals surface area (Å²) in [7, 11) is -10.7. The molecule has 26 heavy (non-hydrogen) atoms. The first kappa shape index (κ1) is 24.9. The molecule has 13 heteroatoms. The van der Waals surface area contributed by atoms with Gasteiger partial charge in [-0.15, -0.1) is 23.0 Å². The smallest absolute Gasteiger partial charge is 3.00 e. The van der Waals surface area contributed by atoms with Crippen LogP contribution in [0.5, 0.6) is 0 Å². The van der Waals surface area contributed by atoms with Gasteiger partial charge in [-0.05, 0) is 0 Å². The van der Waals surface area contributed by atoms with Gasteiger partial charge in [0.2, 0.25) is 0 Å². The minimum absolute atomic E-state index is 0. The van der Waals surface area contributed by atoms with Crippen LogP contribution in [0, 0.1) is 0 Å². The van der Waals surface area contributed by atoms with Gasteiger partial charge in [-0.25, -0.2) is 0 Å². The van der Waals surface area contributed by atoms with Crippen molar-refractivity contribution in [1.82, 2.24) is 9.97 Å². The van der Waals surface area contributed by atoms with E-state index in [9.17, 15) is 25.2 Å². The third-order valence-corrected chi connectivity index (χ3v) is 2.48. The van der Waals surface area contributed by atoms with Crippen LogP contribution in [-0.2, 0) is 22.4 Å². The second kappa shape index (κ2) is 9.23. The van der Waals surface area contributed by atoms with E-state index in [4.69, 9.17) is 11.6 Å². The quantitative estimate of drug-likeness (QED) is 0.152. The molecule has 0 spiro atoms. The van der Waals surface area contributed by atoms with Gasteiger partial charge in [-0.1, -0.05) is 24.3 Å². The van der Waals surface area contributed by atoms with Gasteiger partial charge >= 0.3 is 55.4 Å². The molecule has 0 N–H and O–H groups in total. The minimum atomic E-state index is -10.7. The molecule has 0 fully saturated rings. The molecular formula is C13H13AuClF6N4P. The zero-order chi connectivity index (χ0) is 19.0. The number of aromatic nitrogens is 2. The summed E-state index contributed by atoms with van der Waals surface area (Å²) in [6.45, 7) is 1.06. The molecule has 0 saturated heterocycles. The van der Waals surface area contributed by atoms with E-state index in [-0.39, 0.29) is 27.8 Å². The van der Waals surface area contributed by atoms with Crippen LogP contribution in [-0.4, -0.2) is 30.9 Å². The number of nitrogens with zero attached hydrogens (tertiary/aromatic N) is 4. The van der Waals surface area contributed by atoms with Gasteiger partial charge in [0.15, 0.2) is 0 Å². The molecule has 0 aliphatic carbocycles. The van der Waals surface area contributed by atoms with Gasteiger partial charge in [0, 0.05) is 12.4 Å². The van der Waals surface area contributed by atoms with Gasteiger partial charge in [0.05, 0.1) is 18.5 Å². The fourth-order valence-electron chi connectivity index (χ4n) is 1.36. The molecule has 2 aromatic heterocycles. The number of alkyl halides is 1. The fraction of sp³-hybridized carbons (Fsp3) is 0.231. The van der Waals surface area contributed by atoms with E-state index in [0.29, 0.717) is 13.1 Å². The molecule has 0 amide bonds. The molecule has 0 bridgehead atoms. The molecule has 2 aromatic rings. The zero-order valence-electron chi connectivity index (χ0n) is 12.8. The second-order valence-corrected chi connectivity index (χ2v) is 7.20. The zero-order valence-corrected chi connectivity index (χ0v) is 16.6. The molecule has 2 rings (SSSR count). The average Bonchev–Trinajstić information content (AvgIpc) is 3.07. The standard InChI is InChI=1S/C13H13ClN4.Au.F6P/c14-11(7-15-9-12-3-1-5-17-12)8-16-10-13-4-2-6-18-13;;1-7(2,3,4,5)6/h1-6,9-11H,7-8H2;;/q-2;+3;-1. The molecule has 0 aliphatic rings. The molecule has 0 radical (unpaired) electrons. The van der Waals surface area contributed by atoms with E-state index in [1.165, 1.54) is 0 Å². The Labute approximate surface area is 165 Å². The minimum Gasteiger partial charge on any atom is 3.00 e. The first-order valence-electron chi connectivity index (χ1n) is 6.65. The summed E-state index contributed by atoms with van der Waals surface area (Å²) in [5.74, 6) is 0. The summed E-state index contributed by atoms with van der Waals surface area (Å²) < 4.78 is 59.2. The third-order valence-electron chi connectivity index (χ3n) is 2.21. The third kappa shape index (κ3) is 17.8. The number of rotatable bonds is 6. The predicted molar refractivity (Wildman–Crippen MR) is 87.7 cm³/mol. The van der Waals surface area contributed by atoms with Crippen LogP contribution in [0.25, 0.3) is 0 Å². The molecular weight excluding hydrogens is 590 g/mol. The number of halogens is 7. The maximum Gasteiger partial charge on any atom is 3.00 e. The monoisotopic (exact) mass is 602 g/mol. The molecule has 150 valence electrons. The van der Waals surface area contributed by atoms with Crippen LogP contribution in [0.1, 0.15) is 11.4 Å². The Morgan fingerprint density at radius 2 is 1.23 bits per heavy atom. The van der Waals surface area contributed by atoms with Crippen molar-refractivity contribution in [3.05, 3.63) is 48.0 Å². The van der Waals surface area contributed by atoms with E-state index >= 15 is 0 Å². The Balaban J connectivity index is 0.000000673. The van der Waals surface area contributed by atoms with Crippen molar-refractivity contribution in [1.29, 1.82) is 0 Å². The van der Waals surface area contributed by atoms with Crippen LogP contribution in [0.15, 0.2) is 46.6 Å². The van der Waals surface area contributed by atoms with Gasteiger partial charge in [0.1, 0.15) is 0 Å². The Hall–Kier alpha value is -1.06. The maximum absolute atomic E-state index is 10.7. The van der Waals surface area contributed by atoms with Crippen molar-refractivity contribution < 1.29 is 47.6 Å². The average molecular weight is 603 g/mol. The van der Waals surface area contributed by atoms with Crippen LogP contribution in [0.4, 0.5) is 25.2 Å². The molecule has 0 aliphatic heterocycles. The summed E-state index contributed by atoms with van der Waals surface area (Å²) in [6.07, 6.45) is 6.91. The fourth-order valence-corrected chi connectivity index (χ4v) is 1.52. The van der Waals surface area contributed by atoms with Crippen molar-refractivity contribution in [2.45, 2.75) is 5.38 Å². The summed E-state index contributed by atoms with van der Waals surface area (Å²) in [5.41, 5.74) is 1.70. The second-order valence-electron chi connectivity index (χ2n) is 4.67. The molecule has 0 unspecified atom stereocenters. The van der Waals surface area contributed by atoms with E-state index in [0.717, 1.165) is 11.4 Å². The van der Waals surface area contributed by atoms with Crippen molar-refractivity contribution >= 4 is 31.8 Å². The SMILES string of the molecule is ClC(CN=Cc1ccc[n-]1)CN=Cc1ccc[n-]1.F[P-](F)(F)(F)(F)F.[Au+3]. The molecule has 0 aromatic carbocycles.